The summed E-state index contributed by atoms with van der Waals surface area (Å²) < 4.78 is 21.5. The lowest BCUT2D eigenvalue weighted by Crippen LogP contribution is -2.50. The van der Waals surface area contributed by atoms with Crippen LogP contribution in [0, 0.1) is 5.92 Å². The van der Waals surface area contributed by atoms with Crippen molar-refractivity contribution in [1.29, 1.82) is 0 Å². The van der Waals surface area contributed by atoms with Gasteiger partial charge < -0.3 is 24.1 Å². The second-order valence-corrected chi connectivity index (χ2v) is 8.76. The van der Waals surface area contributed by atoms with Gasteiger partial charge in [-0.15, -0.1) is 0 Å². The SMILES string of the molecule is C=C1C(=O)OC2/C=C(/C)C(OC(C)=O)C/C=C(/C)CC(OC(=O)C(C)(O)C(C)OC(C)=O)C12. The summed E-state index contributed by atoms with van der Waals surface area (Å²) in [6.45, 7) is 12.5. The van der Waals surface area contributed by atoms with Crippen LogP contribution in [0.2, 0.25) is 0 Å². The Balaban J connectivity index is 2.40. The van der Waals surface area contributed by atoms with E-state index >= 15 is 0 Å². The van der Waals surface area contributed by atoms with Crippen LogP contribution >= 0.6 is 0 Å². The monoisotopic (exact) mass is 464 g/mol. The largest absolute Gasteiger partial charge is 0.459 e. The van der Waals surface area contributed by atoms with Gasteiger partial charge in [0.25, 0.3) is 0 Å². The second kappa shape index (κ2) is 10.3. The van der Waals surface area contributed by atoms with E-state index in [4.69, 9.17) is 18.9 Å². The maximum Gasteiger partial charge on any atom is 0.342 e. The molecule has 0 spiro atoms. The van der Waals surface area contributed by atoms with Crippen molar-refractivity contribution in [3.63, 3.8) is 0 Å². The van der Waals surface area contributed by atoms with E-state index in [9.17, 15) is 24.3 Å². The Labute approximate surface area is 193 Å². The van der Waals surface area contributed by atoms with Gasteiger partial charge in [0.05, 0.1) is 5.92 Å². The second-order valence-electron chi connectivity index (χ2n) is 8.76. The van der Waals surface area contributed by atoms with Crippen LogP contribution in [0.3, 0.4) is 0 Å². The van der Waals surface area contributed by atoms with Crippen LogP contribution in [0.25, 0.3) is 0 Å². The van der Waals surface area contributed by atoms with E-state index in [1.165, 1.54) is 27.7 Å². The van der Waals surface area contributed by atoms with Crippen molar-refractivity contribution in [2.24, 2.45) is 5.92 Å². The molecule has 6 unspecified atom stereocenters. The molecule has 33 heavy (non-hydrogen) atoms. The first-order valence-corrected chi connectivity index (χ1v) is 10.8. The molecule has 0 radical (unpaired) electrons. The first-order valence-electron chi connectivity index (χ1n) is 10.8. The summed E-state index contributed by atoms with van der Waals surface area (Å²) in [6, 6.07) is 0. The van der Waals surface area contributed by atoms with Crippen LogP contribution in [0.1, 0.15) is 54.4 Å². The smallest absolute Gasteiger partial charge is 0.342 e. The zero-order valence-electron chi connectivity index (χ0n) is 19.9. The van der Waals surface area contributed by atoms with Gasteiger partial charge in [0.15, 0.2) is 5.60 Å². The fraction of sp³-hybridized carbons (Fsp3) is 0.583. The maximum absolute atomic E-state index is 12.9. The quantitative estimate of drug-likeness (QED) is 0.282. The van der Waals surface area contributed by atoms with Gasteiger partial charge >= 0.3 is 23.9 Å². The van der Waals surface area contributed by atoms with Gasteiger partial charge in [-0.3, -0.25) is 9.59 Å². The summed E-state index contributed by atoms with van der Waals surface area (Å²) in [6.07, 6.45) is 0.768. The van der Waals surface area contributed by atoms with Gasteiger partial charge in [-0.1, -0.05) is 18.2 Å². The molecule has 1 fully saturated rings. The molecule has 1 N–H and O–H groups in total. The molecule has 1 aliphatic carbocycles. The van der Waals surface area contributed by atoms with Crippen LogP contribution in [0.15, 0.2) is 35.5 Å². The Hall–Kier alpha value is -2.94. The molecule has 1 heterocycles. The summed E-state index contributed by atoms with van der Waals surface area (Å²) in [5.74, 6) is -3.44. The molecular formula is C24H32O9. The van der Waals surface area contributed by atoms with E-state index in [0.29, 0.717) is 12.0 Å². The van der Waals surface area contributed by atoms with Gasteiger partial charge in [-0.25, -0.2) is 9.59 Å². The number of rotatable bonds is 5. The summed E-state index contributed by atoms with van der Waals surface area (Å²) in [4.78, 5) is 48.1. The van der Waals surface area contributed by atoms with Crippen molar-refractivity contribution >= 4 is 23.9 Å². The zero-order valence-corrected chi connectivity index (χ0v) is 19.9. The number of hydrogen-bond donors (Lipinski definition) is 1. The van der Waals surface area contributed by atoms with Gasteiger partial charge in [-0.2, -0.15) is 0 Å². The molecule has 0 bridgehead atoms. The minimum atomic E-state index is -2.12. The van der Waals surface area contributed by atoms with Crippen molar-refractivity contribution in [2.45, 2.75) is 84.4 Å². The molecule has 0 aromatic heterocycles. The summed E-state index contributed by atoms with van der Waals surface area (Å²) in [5.41, 5.74) is -0.496. The van der Waals surface area contributed by atoms with Crippen molar-refractivity contribution in [2.75, 3.05) is 0 Å². The van der Waals surface area contributed by atoms with Crippen LogP contribution in [0.4, 0.5) is 0 Å². The molecule has 0 aromatic carbocycles. The van der Waals surface area contributed by atoms with Crippen LogP contribution in [-0.2, 0) is 38.1 Å². The average Bonchev–Trinajstić information content (AvgIpc) is 2.96. The number of fused-ring (bicyclic) bond motifs is 1. The first kappa shape index (κ1) is 26.3. The molecule has 0 saturated carbocycles. The van der Waals surface area contributed by atoms with Crippen molar-refractivity contribution in [3.8, 4) is 0 Å². The molecule has 9 nitrogen and oxygen atoms in total. The van der Waals surface area contributed by atoms with Crippen molar-refractivity contribution < 1.29 is 43.2 Å². The van der Waals surface area contributed by atoms with E-state index in [1.807, 2.05) is 13.0 Å². The van der Waals surface area contributed by atoms with Crippen LogP contribution < -0.4 is 0 Å². The fourth-order valence-corrected chi connectivity index (χ4v) is 3.81. The third-order valence-electron chi connectivity index (χ3n) is 5.91. The van der Waals surface area contributed by atoms with E-state index in [0.717, 1.165) is 5.57 Å². The molecule has 0 aromatic rings. The van der Waals surface area contributed by atoms with Crippen LogP contribution in [-0.4, -0.2) is 59.0 Å². The van der Waals surface area contributed by atoms with E-state index in [2.05, 4.69) is 6.58 Å². The van der Waals surface area contributed by atoms with Gasteiger partial charge in [0, 0.05) is 32.3 Å². The topological polar surface area (TPSA) is 125 Å². The van der Waals surface area contributed by atoms with Crippen molar-refractivity contribution in [3.05, 3.63) is 35.5 Å². The van der Waals surface area contributed by atoms with E-state index in [1.54, 1.807) is 13.0 Å². The predicted octanol–water partition coefficient (Wildman–Crippen LogP) is 2.32. The highest BCUT2D eigenvalue weighted by molar-refractivity contribution is 5.91. The number of carbonyl (C=O) groups is 4. The lowest BCUT2D eigenvalue weighted by atomic mass is 9.85. The van der Waals surface area contributed by atoms with Crippen molar-refractivity contribution in [1.82, 2.24) is 0 Å². The lowest BCUT2D eigenvalue weighted by molar-refractivity contribution is -0.188. The maximum atomic E-state index is 12.9. The molecule has 2 aliphatic rings. The van der Waals surface area contributed by atoms with E-state index < -0.39 is 59.8 Å². The standard InChI is InChI=1S/C24H32O9/c1-12-8-9-18(31-17(6)26)13(2)11-20-21(14(3)22(27)32-20)19(10-12)33-23(28)24(7,29)15(4)30-16(5)25/h8,11,15,18-21,29H,3,9-10H2,1-2,4-7H3/b12-8-,13-11-. The summed E-state index contributed by atoms with van der Waals surface area (Å²) in [7, 11) is 0. The Morgan fingerprint density at radius 3 is 2.42 bits per heavy atom. The Kier molecular flexibility index (Phi) is 8.24. The molecule has 1 saturated heterocycles. The summed E-state index contributed by atoms with van der Waals surface area (Å²) in [5, 5.41) is 10.7. The average molecular weight is 465 g/mol. The molecule has 0 amide bonds. The minimum Gasteiger partial charge on any atom is -0.459 e. The molecule has 182 valence electrons. The Morgan fingerprint density at radius 1 is 1.21 bits per heavy atom. The number of carbonyl (C=O) groups excluding carboxylic acids is 4. The van der Waals surface area contributed by atoms with Gasteiger partial charge in [0.1, 0.15) is 24.4 Å². The summed E-state index contributed by atoms with van der Waals surface area (Å²) >= 11 is 0. The van der Waals surface area contributed by atoms with Gasteiger partial charge in [0.2, 0.25) is 0 Å². The number of aliphatic hydroxyl groups is 1. The zero-order chi connectivity index (χ0) is 25.1. The number of hydrogen-bond acceptors (Lipinski definition) is 9. The van der Waals surface area contributed by atoms with Gasteiger partial charge in [-0.05, 0) is 39.3 Å². The third-order valence-corrected chi connectivity index (χ3v) is 5.91. The minimum absolute atomic E-state index is 0.131. The third kappa shape index (κ3) is 6.31. The molecular weight excluding hydrogens is 432 g/mol. The fourth-order valence-electron chi connectivity index (χ4n) is 3.81. The molecule has 1 aliphatic heterocycles. The molecule has 6 atom stereocenters. The number of esters is 4. The Morgan fingerprint density at radius 2 is 1.85 bits per heavy atom. The number of ether oxygens (including phenoxy) is 4. The highest BCUT2D eigenvalue weighted by atomic mass is 16.6. The van der Waals surface area contributed by atoms with Crippen LogP contribution in [0.5, 0.6) is 0 Å². The lowest BCUT2D eigenvalue weighted by Gasteiger charge is -2.33. The van der Waals surface area contributed by atoms with E-state index in [-0.39, 0.29) is 12.0 Å². The molecule has 2 rings (SSSR count). The first-order chi connectivity index (χ1) is 15.2. The highest BCUT2D eigenvalue weighted by Crippen LogP contribution is 2.37. The Bertz CT molecular complexity index is 896. The predicted molar refractivity (Wildman–Crippen MR) is 117 cm³/mol. The highest BCUT2D eigenvalue weighted by Gasteiger charge is 2.48. The normalized spacial score (nSPS) is 31.4. The molecule has 9 heteroatoms.